The Kier molecular flexibility index (Phi) is 4.58. The van der Waals surface area contributed by atoms with Crippen LogP contribution >= 0.6 is 15.9 Å². The summed E-state index contributed by atoms with van der Waals surface area (Å²) in [5, 5.41) is 9.48. The topological polar surface area (TPSA) is 40.5 Å². The van der Waals surface area contributed by atoms with Gasteiger partial charge in [0.15, 0.2) is 0 Å². The number of rotatable bonds is 3. The molecule has 0 bridgehead atoms. The van der Waals surface area contributed by atoms with E-state index in [2.05, 4.69) is 15.9 Å². The zero-order valence-electron chi connectivity index (χ0n) is 10.8. The lowest BCUT2D eigenvalue weighted by Gasteiger charge is -2.26. The predicted molar refractivity (Wildman–Crippen MR) is 74.5 cm³/mol. The predicted octanol–water partition coefficient (Wildman–Crippen LogP) is 2.96. The number of hydrogen-bond acceptors (Lipinski definition) is 2. The van der Waals surface area contributed by atoms with Gasteiger partial charge < -0.3 is 10.0 Å². The van der Waals surface area contributed by atoms with E-state index in [-0.39, 0.29) is 17.8 Å². The minimum absolute atomic E-state index is 0.0736. The lowest BCUT2D eigenvalue weighted by Crippen LogP contribution is -2.37. The molecule has 0 aliphatic carbocycles. The summed E-state index contributed by atoms with van der Waals surface area (Å²) in [5.74, 6) is -0.472. The third-order valence-electron chi connectivity index (χ3n) is 3.41. The van der Waals surface area contributed by atoms with Crippen molar-refractivity contribution in [3.8, 4) is 0 Å². The number of carbonyl (C=O) groups is 1. The van der Waals surface area contributed by atoms with Gasteiger partial charge >= 0.3 is 0 Å². The minimum atomic E-state index is -0.421. The van der Waals surface area contributed by atoms with Gasteiger partial charge in [-0.2, -0.15) is 0 Å². The quantitative estimate of drug-likeness (QED) is 0.926. The fraction of sp³-hybridized carbons (Fsp3) is 0.500. The minimum Gasteiger partial charge on any atom is -0.393 e. The van der Waals surface area contributed by atoms with Gasteiger partial charge in [-0.05, 0) is 60.3 Å². The molecule has 1 saturated heterocycles. The molecule has 1 aromatic carbocycles. The largest absolute Gasteiger partial charge is 0.393 e. The van der Waals surface area contributed by atoms with E-state index in [1.807, 2.05) is 0 Å². The maximum atomic E-state index is 13.0. The van der Waals surface area contributed by atoms with Crippen molar-refractivity contribution in [2.24, 2.45) is 0 Å². The molecule has 1 heterocycles. The van der Waals surface area contributed by atoms with Gasteiger partial charge in [0.25, 0.3) is 5.91 Å². The zero-order chi connectivity index (χ0) is 14.0. The molecule has 1 aliphatic rings. The summed E-state index contributed by atoms with van der Waals surface area (Å²) in [7, 11) is 0. The number of aliphatic hydroxyl groups excluding tert-OH is 1. The van der Waals surface area contributed by atoms with Crippen LogP contribution in [-0.4, -0.2) is 34.6 Å². The third-order valence-corrected chi connectivity index (χ3v) is 4.07. The average molecular weight is 330 g/mol. The Balaban J connectivity index is 2.18. The van der Waals surface area contributed by atoms with Gasteiger partial charge in [-0.15, -0.1) is 0 Å². The first-order valence-electron chi connectivity index (χ1n) is 6.43. The molecule has 1 amide bonds. The Bertz CT molecular complexity index is 479. The number of amides is 1. The summed E-state index contributed by atoms with van der Waals surface area (Å²) in [6, 6.07) is 4.16. The van der Waals surface area contributed by atoms with E-state index in [0.717, 1.165) is 12.8 Å². The summed E-state index contributed by atoms with van der Waals surface area (Å²) >= 11 is 3.23. The Morgan fingerprint density at radius 1 is 1.63 bits per heavy atom. The number of likely N-dealkylation sites (tertiary alicyclic amines) is 1. The molecule has 0 radical (unpaired) electrons. The zero-order valence-corrected chi connectivity index (χ0v) is 12.4. The van der Waals surface area contributed by atoms with Crippen molar-refractivity contribution in [3.63, 3.8) is 0 Å². The van der Waals surface area contributed by atoms with Crippen LogP contribution < -0.4 is 0 Å². The highest BCUT2D eigenvalue weighted by Gasteiger charge is 2.30. The Labute approximate surface area is 120 Å². The van der Waals surface area contributed by atoms with Crippen LogP contribution in [-0.2, 0) is 0 Å². The number of hydrogen-bond donors (Lipinski definition) is 1. The van der Waals surface area contributed by atoms with Crippen molar-refractivity contribution in [2.75, 3.05) is 6.54 Å². The first-order chi connectivity index (χ1) is 8.99. The van der Waals surface area contributed by atoms with E-state index < -0.39 is 6.10 Å². The Morgan fingerprint density at radius 2 is 2.37 bits per heavy atom. The molecule has 3 nitrogen and oxygen atoms in total. The van der Waals surface area contributed by atoms with Crippen LogP contribution in [0.5, 0.6) is 0 Å². The molecular weight excluding hydrogens is 313 g/mol. The van der Waals surface area contributed by atoms with Crippen molar-refractivity contribution in [3.05, 3.63) is 34.1 Å². The van der Waals surface area contributed by atoms with Crippen LogP contribution in [0.2, 0.25) is 0 Å². The molecule has 0 saturated carbocycles. The lowest BCUT2D eigenvalue weighted by atomic mass is 10.1. The molecule has 1 aromatic rings. The molecule has 0 aromatic heterocycles. The first-order valence-corrected chi connectivity index (χ1v) is 7.22. The number of aliphatic hydroxyl groups is 1. The van der Waals surface area contributed by atoms with E-state index in [9.17, 15) is 14.3 Å². The molecule has 1 aliphatic heterocycles. The number of carbonyl (C=O) groups excluding carboxylic acids is 1. The standard InChI is InChI=1S/C14H17BrFNO2/c1-9(18)7-11-3-2-6-17(11)14(19)12-5-4-10(16)8-13(12)15/h4-5,8-9,11,18H,2-3,6-7H2,1H3. The van der Waals surface area contributed by atoms with Crippen LogP contribution in [0.1, 0.15) is 36.5 Å². The smallest absolute Gasteiger partial charge is 0.255 e. The van der Waals surface area contributed by atoms with Crippen LogP contribution in [0.4, 0.5) is 4.39 Å². The van der Waals surface area contributed by atoms with Crippen LogP contribution in [0.3, 0.4) is 0 Å². The molecule has 104 valence electrons. The summed E-state index contributed by atoms with van der Waals surface area (Å²) in [6.07, 6.45) is 2.03. The Morgan fingerprint density at radius 3 is 3.00 bits per heavy atom. The van der Waals surface area contributed by atoms with Crippen LogP contribution in [0.25, 0.3) is 0 Å². The molecule has 1 fully saturated rings. The van der Waals surface area contributed by atoms with Gasteiger partial charge in [0, 0.05) is 17.1 Å². The molecule has 5 heteroatoms. The summed E-state index contributed by atoms with van der Waals surface area (Å²) in [5.41, 5.74) is 0.471. The van der Waals surface area contributed by atoms with Gasteiger partial charge in [0.2, 0.25) is 0 Å². The van der Waals surface area contributed by atoms with Gasteiger partial charge in [0.05, 0.1) is 11.7 Å². The second-order valence-corrected chi connectivity index (χ2v) is 5.86. The summed E-state index contributed by atoms with van der Waals surface area (Å²) in [6.45, 7) is 2.43. The van der Waals surface area contributed by atoms with Gasteiger partial charge in [0.1, 0.15) is 5.82 Å². The van der Waals surface area contributed by atoms with Gasteiger partial charge in [-0.1, -0.05) is 0 Å². The van der Waals surface area contributed by atoms with Crippen molar-refractivity contribution in [1.29, 1.82) is 0 Å². The highest BCUT2D eigenvalue weighted by molar-refractivity contribution is 9.10. The molecular formula is C14H17BrFNO2. The maximum Gasteiger partial charge on any atom is 0.255 e. The molecule has 2 atom stereocenters. The molecule has 19 heavy (non-hydrogen) atoms. The van der Waals surface area contributed by atoms with E-state index in [1.165, 1.54) is 18.2 Å². The first kappa shape index (κ1) is 14.5. The second kappa shape index (κ2) is 6.01. The number of halogens is 2. The number of nitrogens with zero attached hydrogens (tertiary/aromatic N) is 1. The SMILES string of the molecule is CC(O)CC1CCCN1C(=O)c1ccc(F)cc1Br. The van der Waals surface area contributed by atoms with E-state index in [4.69, 9.17) is 0 Å². The van der Waals surface area contributed by atoms with Crippen molar-refractivity contribution in [2.45, 2.75) is 38.3 Å². The van der Waals surface area contributed by atoms with Crippen molar-refractivity contribution < 1.29 is 14.3 Å². The van der Waals surface area contributed by atoms with Crippen LogP contribution in [0, 0.1) is 5.82 Å². The fourth-order valence-corrected chi connectivity index (χ4v) is 3.08. The van der Waals surface area contributed by atoms with Gasteiger partial charge in [-0.3, -0.25) is 4.79 Å². The van der Waals surface area contributed by atoms with E-state index in [1.54, 1.807) is 11.8 Å². The van der Waals surface area contributed by atoms with Crippen molar-refractivity contribution in [1.82, 2.24) is 4.90 Å². The monoisotopic (exact) mass is 329 g/mol. The second-order valence-electron chi connectivity index (χ2n) is 5.00. The Hall–Kier alpha value is -0.940. The van der Waals surface area contributed by atoms with Crippen LogP contribution in [0.15, 0.2) is 22.7 Å². The van der Waals surface area contributed by atoms with E-state index in [0.29, 0.717) is 23.0 Å². The van der Waals surface area contributed by atoms with Gasteiger partial charge in [-0.25, -0.2) is 4.39 Å². The molecule has 2 unspecified atom stereocenters. The number of benzene rings is 1. The normalized spacial score (nSPS) is 20.6. The molecule has 1 N–H and O–H groups in total. The summed E-state index contributed by atoms with van der Waals surface area (Å²) in [4.78, 5) is 14.2. The highest BCUT2D eigenvalue weighted by atomic mass is 79.9. The summed E-state index contributed by atoms with van der Waals surface area (Å²) < 4.78 is 13.5. The van der Waals surface area contributed by atoms with Crippen molar-refractivity contribution >= 4 is 21.8 Å². The van der Waals surface area contributed by atoms with E-state index >= 15 is 0 Å². The highest BCUT2D eigenvalue weighted by Crippen LogP contribution is 2.26. The molecule has 0 spiro atoms. The fourth-order valence-electron chi connectivity index (χ4n) is 2.56. The molecule has 2 rings (SSSR count). The lowest BCUT2D eigenvalue weighted by molar-refractivity contribution is 0.0681. The maximum absolute atomic E-state index is 13.0. The third kappa shape index (κ3) is 3.34. The average Bonchev–Trinajstić information content (AvgIpc) is 2.75.